The second kappa shape index (κ2) is 6.35. The summed E-state index contributed by atoms with van der Waals surface area (Å²) in [6, 6.07) is 3.63. The average Bonchev–Trinajstić information content (AvgIpc) is 3.34. The van der Waals surface area contributed by atoms with Crippen LogP contribution in [-0.4, -0.2) is 66.9 Å². The SMILES string of the molecule is CN(C)C(=O)[C@@H]1C[C@@H]1C(=O)N1CCN(c2ncccc2Cl)CC1. The molecule has 0 N–H and O–H groups in total. The van der Waals surface area contributed by atoms with Crippen LogP contribution in [0.2, 0.25) is 5.02 Å². The second-order valence-corrected chi connectivity index (χ2v) is 6.71. The van der Waals surface area contributed by atoms with E-state index >= 15 is 0 Å². The molecule has 23 heavy (non-hydrogen) atoms. The van der Waals surface area contributed by atoms with Crippen molar-refractivity contribution in [3.63, 3.8) is 0 Å². The zero-order valence-electron chi connectivity index (χ0n) is 13.4. The zero-order chi connectivity index (χ0) is 16.6. The molecule has 2 atom stereocenters. The van der Waals surface area contributed by atoms with Crippen molar-refractivity contribution in [1.82, 2.24) is 14.8 Å². The van der Waals surface area contributed by atoms with E-state index in [4.69, 9.17) is 11.6 Å². The number of aromatic nitrogens is 1. The number of rotatable bonds is 3. The Hall–Kier alpha value is -1.82. The molecule has 2 heterocycles. The van der Waals surface area contributed by atoms with E-state index < -0.39 is 0 Å². The van der Waals surface area contributed by atoms with Crippen molar-refractivity contribution in [2.75, 3.05) is 45.2 Å². The molecule has 1 aliphatic carbocycles. The number of nitrogens with zero attached hydrogens (tertiary/aromatic N) is 4. The van der Waals surface area contributed by atoms with Crippen LogP contribution in [-0.2, 0) is 9.59 Å². The predicted octanol–water partition coefficient (Wildman–Crippen LogP) is 1.11. The van der Waals surface area contributed by atoms with E-state index in [9.17, 15) is 9.59 Å². The van der Waals surface area contributed by atoms with Gasteiger partial charge in [-0.15, -0.1) is 0 Å². The Labute approximate surface area is 141 Å². The Balaban J connectivity index is 1.55. The highest BCUT2D eigenvalue weighted by molar-refractivity contribution is 6.32. The van der Waals surface area contributed by atoms with Crippen LogP contribution in [0, 0.1) is 11.8 Å². The van der Waals surface area contributed by atoms with Gasteiger partial charge in [0, 0.05) is 46.5 Å². The Morgan fingerprint density at radius 1 is 1.22 bits per heavy atom. The monoisotopic (exact) mass is 336 g/mol. The molecule has 0 bridgehead atoms. The number of hydrogen-bond acceptors (Lipinski definition) is 4. The van der Waals surface area contributed by atoms with Crippen LogP contribution in [0.15, 0.2) is 18.3 Å². The smallest absolute Gasteiger partial charge is 0.226 e. The maximum atomic E-state index is 12.5. The summed E-state index contributed by atoms with van der Waals surface area (Å²) in [6.07, 6.45) is 2.41. The Kier molecular flexibility index (Phi) is 4.43. The Bertz CT molecular complexity index is 614. The molecule has 124 valence electrons. The number of halogens is 1. The topological polar surface area (TPSA) is 56.8 Å². The van der Waals surface area contributed by atoms with Crippen molar-refractivity contribution in [2.24, 2.45) is 11.8 Å². The maximum absolute atomic E-state index is 12.5. The van der Waals surface area contributed by atoms with Gasteiger partial charge < -0.3 is 14.7 Å². The lowest BCUT2D eigenvalue weighted by atomic mass is 10.2. The van der Waals surface area contributed by atoms with Gasteiger partial charge in [0.2, 0.25) is 11.8 Å². The Morgan fingerprint density at radius 3 is 2.52 bits per heavy atom. The highest BCUT2D eigenvalue weighted by Gasteiger charge is 2.50. The minimum absolute atomic E-state index is 0.0576. The third-order valence-corrected chi connectivity index (χ3v) is 4.79. The molecule has 3 rings (SSSR count). The van der Waals surface area contributed by atoms with Crippen molar-refractivity contribution >= 4 is 29.2 Å². The van der Waals surface area contributed by atoms with E-state index in [1.807, 2.05) is 11.0 Å². The number of piperazine rings is 1. The van der Waals surface area contributed by atoms with Crippen molar-refractivity contribution in [3.8, 4) is 0 Å². The molecule has 1 aromatic rings. The summed E-state index contributed by atoms with van der Waals surface area (Å²) in [5.41, 5.74) is 0. The van der Waals surface area contributed by atoms with E-state index in [1.54, 1.807) is 31.3 Å². The fourth-order valence-corrected chi connectivity index (χ4v) is 3.30. The molecule has 1 saturated carbocycles. The number of hydrogen-bond donors (Lipinski definition) is 0. The molecule has 6 nitrogen and oxygen atoms in total. The summed E-state index contributed by atoms with van der Waals surface area (Å²) < 4.78 is 0. The van der Waals surface area contributed by atoms with Gasteiger partial charge in [0.15, 0.2) is 0 Å². The molecule has 2 fully saturated rings. The highest BCUT2D eigenvalue weighted by Crippen LogP contribution is 2.41. The highest BCUT2D eigenvalue weighted by atomic mass is 35.5. The molecule has 0 aromatic carbocycles. The molecule has 1 saturated heterocycles. The van der Waals surface area contributed by atoms with Crippen molar-refractivity contribution in [3.05, 3.63) is 23.4 Å². The van der Waals surface area contributed by atoms with Crippen molar-refractivity contribution < 1.29 is 9.59 Å². The molecule has 7 heteroatoms. The van der Waals surface area contributed by atoms with Gasteiger partial charge >= 0.3 is 0 Å². The van der Waals surface area contributed by atoms with E-state index in [0.717, 1.165) is 5.82 Å². The number of anilines is 1. The minimum atomic E-state index is -0.130. The van der Waals surface area contributed by atoms with Gasteiger partial charge in [0.1, 0.15) is 5.82 Å². The van der Waals surface area contributed by atoms with Crippen LogP contribution in [0.5, 0.6) is 0 Å². The first-order valence-electron chi connectivity index (χ1n) is 7.84. The van der Waals surface area contributed by atoms with Crippen LogP contribution < -0.4 is 4.90 Å². The third kappa shape index (κ3) is 3.27. The number of carbonyl (C=O) groups is 2. The maximum Gasteiger partial charge on any atom is 0.226 e. The molecule has 0 unspecified atom stereocenters. The molecule has 1 aliphatic heterocycles. The van der Waals surface area contributed by atoms with Crippen LogP contribution in [0.3, 0.4) is 0 Å². The van der Waals surface area contributed by atoms with E-state index in [-0.39, 0.29) is 23.7 Å². The number of carbonyl (C=O) groups excluding carboxylic acids is 2. The summed E-state index contributed by atoms with van der Waals surface area (Å²) in [4.78, 5) is 34.2. The molecule has 1 aromatic heterocycles. The van der Waals surface area contributed by atoms with Crippen LogP contribution in [0.4, 0.5) is 5.82 Å². The molecular formula is C16H21ClN4O2. The fraction of sp³-hybridized carbons (Fsp3) is 0.562. The van der Waals surface area contributed by atoms with Gasteiger partial charge in [0.25, 0.3) is 0 Å². The molecule has 0 spiro atoms. The average molecular weight is 337 g/mol. The van der Waals surface area contributed by atoms with Gasteiger partial charge in [-0.05, 0) is 18.6 Å². The summed E-state index contributed by atoms with van der Waals surface area (Å²) in [5, 5.41) is 0.631. The first-order chi connectivity index (χ1) is 11.0. The molecule has 2 aliphatic rings. The number of amides is 2. The lowest BCUT2D eigenvalue weighted by Crippen LogP contribution is -2.49. The first kappa shape index (κ1) is 16.1. The lowest BCUT2D eigenvalue weighted by Gasteiger charge is -2.36. The van der Waals surface area contributed by atoms with Gasteiger partial charge in [-0.3, -0.25) is 9.59 Å². The normalized spacial score (nSPS) is 23.6. The van der Waals surface area contributed by atoms with Gasteiger partial charge in [-0.25, -0.2) is 4.98 Å². The summed E-state index contributed by atoms with van der Waals surface area (Å²) in [7, 11) is 3.47. The van der Waals surface area contributed by atoms with E-state index in [1.165, 1.54) is 0 Å². The summed E-state index contributed by atoms with van der Waals surface area (Å²) in [5.74, 6) is 0.684. The minimum Gasteiger partial charge on any atom is -0.352 e. The molecular weight excluding hydrogens is 316 g/mol. The van der Waals surface area contributed by atoms with E-state index in [0.29, 0.717) is 37.6 Å². The Morgan fingerprint density at radius 2 is 1.91 bits per heavy atom. The largest absolute Gasteiger partial charge is 0.352 e. The first-order valence-corrected chi connectivity index (χ1v) is 8.22. The van der Waals surface area contributed by atoms with Crippen LogP contribution >= 0.6 is 11.6 Å². The van der Waals surface area contributed by atoms with Gasteiger partial charge in [-0.2, -0.15) is 0 Å². The van der Waals surface area contributed by atoms with Crippen LogP contribution in [0.25, 0.3) is 0 Å². The quantitative estimate of drug-likeness (QED) is 0.829. The van der Waals surface area contributed by atoms with Gasteiger partial charge in [0.05, 0.1) is 16.9 Å². The second-order valence-electron chi connectivity index (χ2n) is 6.30. The fourth-order valence-electron chi connectivity index (χ4n) is 3.06. The summed E-state index contributed by atoms with van der Waals surface area (Å²) >= 11 is 6.17. The lowest BCUT2D eigenvalue weighted by molar-refractivity contribution is -0.137. The predicted molar refractivity (Wildman–Crippen MR) is 88.3 cm³/mol. The van der Waals surface area contributed by atoms with Crippen LogP contribution in [0.1, 0.15) is 6.42 Å². The van der Waals surface area contributed by atoms with Crippen molar-refractivity contribution in [1.29, 1.82) is 0 Å². The van der Waals surface area contributed by atoms with Crippen molar-refractivity contribution in [2.45, 2.75) is 6.42 Å². The standard InChI is InChI=1S/C16H21ClN4O2/c1-19(2)15(22)11-10-12(11)16(23)21-8-6-20(7-9-21)14-13(17)4-3-5-18-14/h3-5,11-12H,6-10H2,1-2H3/t11-,12+/m1/s1. The van der Waals surface area contributed by atoms with Gasteiger partial charge in [-0.1, -0.05) is 11.6 Å². The third-order valence-electron chi connectivity index (χ3n) is 4.50. The summed E-state index contributed by atoms with van der Waals surface area (Å²) in [6.45, 7) is 2.71. The zero-order valence-corrected chi connectivity index (χ0v) is 14.2. The molecule has 0 radical (unpaired) electrons. The molecule has 2 amide bonds. The number of pyridine rings is 1. The van der Waals surface area contributed by atoms with E-state index in [2.05, 4.69) is 9.88 Å².